The molecule has 0 saturated heterocycles. The number of para-hydroxylation sites is 1. The third-order valence-electron chi connectivity index (χ3n) is 4.61. The molecular weight excluding hydrogens is 433 g/mol. The maximum atomic E-state index is 13.3. The lowest BCUT2D eigenvalue weighted by Crippen LogP contribution is -2.13. The van der Waals surface area contributed by atoms with Gasteiger partial charge in [-0.2, -0.15) is 13.2 Å². The number of benzene rings is 1. The van der Waals surface area contributed by atoms with Gasteiger partial charge in [0.05, 0.1) is 11.6 Å². The van der Waals surface area contributed by atoms with Crippen LogP contribution in [0.25, 0.3) is 22.3 Å². The van der Waals surface area contributed by atoms with E-state index in [9.17, 15) is 13.2 Å². The van der Waals surface area contributed by atoms with Crippen LogP contribution in [-0.2, 0) is 6.18 Å². The van der Waals surface area contributed by atoms with Gasteiger partial charge in [-0.3, -0.25) is 9.55 Å². The van der Waals surface area contributed by atoms with Crippen molar-refractivity contribution >= 4 is 34.4 Å². The molecule has 30 heavy (non-hydrogen) atoms. The first-order valence-corrected chi connectivity index (χ1v) is 10.9. The molecule has 0 saturated carbocycles. The van der Waals surface area contributed by atoms with E-state index in [1.165, 1.54) is 11.8 Å². The van der Waals surface area contributed by atoms with Crippen LogP contribution in [0.4, 0.5) is 13.2 Å². The number of rotatable bonds is 4. The topological polar surface area (TPSA) is 69.4 Å². The van der Waals surface area contributed by atoms with E-state index in [0.717, 1.165) is 22.3 Å². The first kappa shape index (κ1) is 19.3. The van der Waals surface area contributed by atoms with Gasteiger partial charge in [-0.1, -0.05) is 30.0 Å². The highest BCUT2D eigenvalue weighted by Crippen LogP contribution is 2.40. The Bertz CT molecular complexity index is 1210. The predicted octanol–water partition coefficient (Wildman–Crippen LogP) is 4.74. The van der Waals surface area contributed by atoms with Crippen LogP contribution in [0.15, 0.2) is 59.0 Å². The number of thioether (sulfide) groups is 2. The summed E-state index contributed by atoms with van der Waals surface area (Å²) in [4.78, 5) is 11.5. The Morgan fingerprint density at radius 3 is 2.67 bits per heavy atom. The second kappa shape index (κ2) is 7.55. The van der Waals surface area contributed by atoms with Crippen LogP contribution in [0, 0.1) is 0 Å². The fourth-order valence-corrected chi connectivity index (χ4v) is 5.56. The van der Waals surface area contributed by atoms with Gasteiger partial charge < -0.3 is 0 Å². The molecule has 152 valence electrons. The number of pyridine rings is 1. The van der Waals surface area contributed by atoms with Gasteiger partial charge >= 0.3 is 6.18 Å². The number of nitrogens with zero attached hydrogens (tertiary/aromatic N) is 6. The molecule has 0 bridgehead atoms. The Kier molecular flexibility index (Phi) is 4.86. The normalized spacial score (nSPS) is 16.2. The molecule has 0 N–H and O–H groups in total. The Hall–Kier alpha value is -2.66. The molecule has 0 amide bonds. The van der Waals surface area contributed by atoms with Gasteiger partial charge in [0.2, 0.25) is 5.82 Å². The molecule has 5 rings (SSSR count). The van der Waals surface area contributed by atoms with Gasteiger partial charge in [-0.15, -0.1) is 22.0 Å². The first-order chi connectivity index (χ1) is 14.5. The van der Waals surface area contributed by atoms with Crippen molar-refractivity contribution in [2.45, 2.75) is 22.4 Å². The van der Waals surface area contributed by atoms with E-state index in [0.29, 0.717) is 16.2 Å². The molecule has 0 unspecified atom stereocenters. The molecule has 11 heteroatoms. The summed E-state index contributed by atoms with van der Waals surface area (Å²) in [5.74, 6) is 0.915. The van der Waals surface area contributed by atoms with Gasteiger partial charge in [0.1, 0.15) is 5.03 Å². The monoisotopic (exact) mass is 446 g/mol. The van der Waals surface area contributed by atoms with E-state index in [4.69, 9.17) is 0 Å². The van der Waals surface area contributed by atoms with E-state index in [1.807, 2.05) is 16.7 Å². The highest BCUT2D eigenvalue weighted by Gasteiger charge is 2.36. The minimum Gasteiger partial charge on any atom is -0.297 e. The summed E-state index contributed by atoms with van der Waals surface area (Å²) < 4.78 is 41.9. The summed E-state index contributed by atoms with van der Waals surface area (Å²) in [6.07, 6.45) is -1.22. The zero-order valence-electron chi connectivity index (χ0n) is 15.2. The van der Waals surface area contributed by atoms with E-state index in [2.05, 4.69) is 25.1 Å². The van der Waals surface area contributed by atoms with E-state index in [-0.39, 0.29) is 11.6 Å². The van der Waals surface area contributed by atoms with Crippen molar-refractivity contribution in [3.8, 4) is 11.4 Å². The Labute approximate surface area is 177 Å². The van der Waals surface area contributed by atoms with Crippen LogP contribution in [0.2, 0.25) is 0 Å². The Morgan fingerprint density at radius 1 is 1.07 bits per heavy atom. The summed E-state index contributed by atoms with van der Waals surface area (Å²) in [6, 6.07) is 10.5. The molecule has 3 aromatic heterocycles. The van der Waals surface area contributed by atoms with Crippen LogP contribution in [0.5, 0.6) is 0 Å². The highest BCUT2D eigenvalue weighted by atomic mass is 32.2. The SMILES string of the molecule is FC(F)(F)c1nc(SC[C@H]2CSc3nnc(-c4ccncc4)n32)c2ccccc2n1. The molecule has 0 radical (unpaired) electrons. The molecule has 0 aliphatic carbocycles. The zero-order valence-corrected chi connectivity index (χ0v) is 16.9. The maximum Gasteiger partial charge on any atom is 0.451 e. The lowest BCUT2D eigenvalue weighted by molar-refractivity contribution is -0.145. The quantitative estimate of drug-likeness (QED) is 0.331. The first-order valence-electron chi connectivity index (χ1n) is 8.95. The van der Waals surface area contributed by atoms with Gasteiger partial charge in [0.15, 0.2) is 11.0 Å². The van der Waals surface area contributed by atoms with Crippen molar-refractivity contribution < 1.29 is 13.2 Å². The fraction of sp³-hybridized carbons (Fsp3) is 0.211. The van der Waals surface area contributed by atoms with Crippen LogP contribution in [-0.4, -0.2) is 41.2 Å². The molecular formula is C19H13F3N6S2. The molecule has 4 heterocycles. The Balaban J connectivity index is 1.47. The standard InChI is InChI=1S/C19H13F3N6S2/c20-19(21,22)17-24-14-4-2-1-3-13(14)16(25-17)29-9-12-10-30-18-27-26-15(28(12)18)11-5-7-23-8-6-11/h1-8,12H,9-10H2/t12-/m0/s1. The van der Waals surface area contributed by atoms with Crippen LogP contribution < -0.4 is 0 Å². The third-order valence-corrected chi connectivity index (χ3v) is 6.83. The average molecular weight is 446 g/mol. The summed E-state index contributed by atoms with van der Waals surface area (Å²) in [5.41, 5.74) is 1.18. The van der Waals surface area contributed by atoms with Gasteiger partial charge in [0, 0.05) is 34.8 Å². The predicted molar refractivity (Wildman–Crippen MR) is 108 cm³/mol. The molecule has 6 nitrogen and oxygen atoms in total. The van der Waals surface area contributed by atoms with Gasteiger partial charge in [-0.25, -0.2) is 9.97 Å². The zero-order chi connectivity index (χ0) is 20.7. The van der Waals surface area contributed by atoms with E-state index < -0.39 is 12.0 Å². The number of alkyl halides is 3. The highest BCUT2D eigenvalue weighted by molar-refractivity contribution is 8.00. The third kappa shape index (κ3) is 3.52. The van der Waals surface area contributed by atoms with E-state index in [1.54, 1.807) is 48.4 Å². The second-order valence-electron chi connectivity index (χ2n) is 6.56. The summed E-state index contributed by atoms with van der Waals surface area (Å²) in [6.45, 7) is 0. The number of hydrogen-bond donors (Lipinski definition) is 0. The largest absolute Gasteiger partial charge is 0.451 e. The fourth-order valence-electron chi connectivity index (χ4n) is 3.23. The van der Waals surface area contributed by atoms with Crippen molar-refractivity contribution in [1.82, 2.24) is 29.7 Å². The summed E-state index contributed by atoms with van der Waals surface area (Å²) in [5, 5.41) is 10.3. The molecule has 1 aliphatic heterocycles. The van der Waals surface area contributed by atoms with Crippen LogP contribution in [0.1, 0.15) is 11.9 Å². The number of hydrogen-bond acceptors (Lipinski definition) is 7. The molecule has 1 atom stereocenters. The maximum absolute atomic E-state index is 13.3. The van der Waals surface area contributed by atoms with Crippen LogP contribution >= 0.6 is 23.5 Å². The molecule has 4 aromatic rings. The number of aromatic nitrogens is 6. The van der Waals surface area contributed by atoms with Crippen LogP contribution in [0.3, 0.4) is 0 Å². The van der Waals surface area contributed by atoms with Crippen molar-refractivity contribution in [3.05, 3.63) is 54.6 Å². The minimum absolute atomic E-state index is 0.0243. The van der Waals surface area contributed by atoms with Gasteiger partial charge in [-0.05, 0) is 18.2 Å². The Morgan fingerprint density at radius 2 is 1.87 bits per heavy atom. The second-order valence-corrected chi connectivity index (χ2v) is 8.55. The molecule has 0 fully saturated rings. The van der Waals surface area contributed by atoms with Gasteiger partial charge in [0.25, 0.3) is 0 Å². The van der Waals surface area contributed by atoms with Crippen molar-refractivity contribution in [3.63, 3.8) is 0 Å². The summed E-state index contributed by atoms with van der Waals surface area (Å²) in [7, 11) is 0. The summed E-state index contributed by atoms with van der Waals surface area (Å²) >= 11 is 2.88. The van der Waals surface area contributed by atoms with Crippen molar-refractivity contribution in [1.29, 1.82) is 0 Å². The van der Waals surface area contributed by atoms with Crippen molar-refractivity contribution in [2.75, 3.05) is 11.5 Å². The average Bonchev–Trinajstić information content (AvgIpc) is 3.34. The number of fused-ring (bicyclic) bond motifs is 2. The smallest absolute Gasteiger partial charge is 0.297 e. The lowest BCUT2D eigenvalue weighted by atomic mass is 10.2. The number of halogens is 3. The molecule has 1 aliphatic rings. The van der Waals surface area contributed by atoms with Crippen molar-refractivity contribution in [2.24, 2.45) is 0 Å². The lowest BCUT2D eigenvalue weighted by Gasteiger charge is -2.15. The molecule has 1 aromatic carbocycles. The molecule has 0 spiro atoms. The van der Waals surface area contributed by atoms with E-state index >= 15 is 0 Å². The minimum atomic E-state index is -4.60.